The Balaban J connectivity index is 1.14. The molecule has 0 saturated carbocycles. The van der Waals surface area contributed by atoms with Gasteiger partial charge in [0.15, 0.2) is 23.1 Å². The van der Waals surface area contributed by atoms with Crippen molar-refractivity contribution in [2.45, 2.75) is 26.2 Å². The molecule has 2 N–H and O–H groups in total. The van der Waals surface area contributed by atoms with Crippen LogP contribution in [0.25, 0.3) is 21.8 Å². The molecule has 1 spiro atoms. The van der Waals surface area contributed by atoms with E-state index in [0.717, 1.165) is 42.8 Å². The van der Waals surface area contributed by atoms with E-state index in [9.17, 15) is 0 Å². The number of halogens is 1. The molecule has 0 atom stereocenters. The fourth-order valence-electron chi connectivity index (χ4n) is 5.54. The van der Waals surface area contributed by atoms with Crippen molar-refractivity contribution in [3.63, 3.8) is 0 Å². The van der Waals surface area contributed by atoms with Gasteiger partial charge in [-0.15, -0.1) is 0 Å². The molecule has 8 heteroatoms. The third kappa shape index (κ3) is 4.71. The van der Waals surface area contributed by atoms with Crippen molar-refractivity contribution < 1.29 is 28.2 Å². The van der Waals surface area contributed by atoms with E-state index in [4.69, 9.17) is 18.9 Å². The maximum Gasteiger partial charge on any atom is 0.175 e. The molecular formula is C29H33FN3O4+. The number of rotatable bonds is 8. The van der Waals surface area contributed by atoms with Gasteiger partial charge in [0.2, 0.25) is 0 Å². The number of H-pyrrole nitrogens is 1. The van der Waals surface area contributed by atoms with E-state index in [1.807, 2.05) is 25.1 Å². The van der Waals surface area contributed by atoms with Crippen LogP contribution < -0.4 is 19.1 Å². The van der Waals surface area contributed by atoms with Gasteiger partial charge in [-0.25, -0.2) is 4.39 Å². The smallest absolute Gasteiger partial charge is 0.175 e. The van der Waals surface area contributed by atoms with E-state index in [2.05, 4.69) is 9.97 Å². The Kier molecular flexibility index (Phi) is 6.38. The fourth-order valence-corrected chi connectivity index (χ4v) is 5.54. The minimum absolute atomic E-state index is 0.161. The highest BCUT2D eigenvalue weighted by Gasteiger charge is 2.42. The minimum Gasteiger partial charge on any atom is -0.493 e. The zero-order valence-electron chi connectivity index (χ0n) is 21.4. The van der Waals surface area contributed by atoms with Crippen LogP contribution in [0.15, 0.2) is 42.6 Å². The molecule has 2 fully saturated rings. The second-order valence-electron chi connectivity index (χ2n) is 10.4. The van der Waals surface area contributed by atoms with Gasteiger partial charge in [0.1, 0.15) is 5.75 Å². The maximum atomic E-state index is 15.1. The standard InChI is InChI=1S/C29H32FN3O4/c1-19-14-21-22(32-19)4-5-25(28(21)30)37-24-6-9-31-23-16-27(26(34-2)15-20(23)24)36-13-3-10-33-11-7-29(8-12-33)17-35-18-29/h4-6,9,14-16,32H,3,7-8,10-13,17-18H2,1-2H3/p+1. The van der Waals surface area contributed by atoms with Crippen LogP contribution in [-0.2, 0) is 4.74 Å². The number of benzene rings is 2. The van der Waals surface area contributed by atoms with Crippen molar-refractivity contribution in [1.82, 2.24) is 9.97 Å². The van der Waals surface area contributed by atoms with Gasteiger partial charge in [0.05, 0.1) is 52.1 Å². The van der Waals surface area contributed by atoms with Crippen LogP contribution in [0.4, 0.5) is 4.39 Å². The molecule has 2 aromatic carbocycles. The molecule has 0 unspecified atom stereocenters. The average Bonchev–Trinajstić information content (AvgIpc) is 3.28. The van der Waals surface area contributed by atoms with Gasteiger partial charge in [-0.05, 0) is 37.3 Å². The van der Waals surface area contributed by atoms with Crippen LogP contribution in [0.1, 0.15) is 25.0 Å². The zero-order chi connectivity index (χ0) is 25.4. The number of hydrogen-bond acceptors (Lipinski definition) is 5. The van der Waals surface area contributed by atoms with Gasteiger partial charge in [0.25, 0.3) is 0 Å². The summed E-state index contributed by atoms with van der Waals surface area (Å²) in [5.74, 6) is 1.51. The fraction of sp³-hybridized carbons (Fsp3) is 0.414. The van der Waals surface area contributed by atoms with Gasteiger partial charge < -0.3 is 28.8 Å². The molecule has 2 saturated heterocycles. The molecule has 6 rings (SSSR count). The monoisotopic (exact) mass is 506 g/mol. The number of aryl methyl sites for hydroxylation is 1. The van der Waals surface area contributed by atoms with E-state index in [-0.39, 0.29) is 5.75 Å². The summed E-state index contributed by atoms with van der Waals surface area (Å²) in [6, 6.07) is 10.7. The van der Waals surface area contributed by atoms with Gasteiger partial charge in [-0.1, -0.05) is 0 Å². The van der Waals surface area contributed by atoms with Crippen LogP contribution >= 0.6 is 0 Å². The molecular weight excluding hydrogens is 473 g/mol. The number of fused-ring (bicyclic) bond motifs is 2. The third-order valence-electron chi connectivity index (χ3n) is 7.81. The average molecular weight is 507 g/mol. The van der Waals surface area contributed by atoms with Crippen LogP contribution in [0.5, 0.6) is 23.0 Å². The lowest BCUT2D eigenvalue weighted by atomic mass is 9.77. The summed E-state index contributed by atoms with van der Waals surface area (Å²) in [6.45, 7) is 7.93. The Labute approximate surface area is 215 Å². The van der Waals surface area contributed by atoms with E-state index < -0.39 is 5.82 Å². The van der Waals surface area contributed by atoms with Crippen LogP contribution in [0.2, 0.25) is 0 Å². The maximum absolute atomic E-state index is 15.1. The van der Waals surface area contributed by atoms with E-state index >= 15 is 4.39 Å². The number of aromatic nitrogens is 2. The molecule has 2 aromatic heterocycles. The number of quaternary nitrogens is 1. The lowest BCUT2D eigenvalue weighted by Gasteiger charge is -2.45. The Bertz CT molecular complexity index is 1420. The molecule has 2 aliphatic heterocycles. The molecule has 2 aliphatic rings. The van der Waals surface area contributed by atoms with Gasteiger partial charge >= 0.3 is 0 Å². The minimum atomic E-state index is -0.397. The van der Waals surface area contributed by atoms with Crippen LogP contribution in [-0.4, -0.2) is 56.5 Å². The van der Waals surface area contributed by atoms with Crippen molar-refractivity contribution in [2.24, 2.45) is 5.41 Å². The molecule has 7 nitrogen and oxygen atoms in total. The van der Waals surface area contributed by atoms with Gasteiger partial charge in [-0.2, -0.15) is 0 Å². The Morgan fingerprint density at radius 3 is 2.62 bits per heavy atom. The van der Waals surface area contributed by atoms with E-state index in [1.54, 1.807) is 36.4 Å². The first kappa shape index (κ1) is 24.0. The van der Waals surface area contributed by atoms with E-state index in [1.165, 1.54) is 25.9 Å². The number of aromatic amines is 1. The van der Waals surface area contributed by atoms with Crippen molar-refractivity contribution in [1.29, 1.82) is 0 Å². The van der Waals surface area contributed by atoms with Gasteiger partial charge in [-0.3, -0.25) is 4.98 Å². The Morgan fingerprint density at radius 1 is 1.03 bits per heavy atom. The predicted octanol–water partition coefficient (Wildman–Crippen LogP) is 4.43. The molecule has 4 heterocycles. The van der Waals surface area contributed by atoms with Gasteiger partial charge in [0, 0.05) is 58.9 Å². The number of methoxy groups -OCH3 is 1. The normalized spacial score (nSPS) is 17.3. The third-order valence-corrected chi connectivity index (χ3v) is 7.81. The summed E-state index contributed by atoms with van der Waals surface area (Å²) in [5, 5.41) is 1.23. The van der Waals surface area contributed by atoms with Crippen LogP contribution in [0, 0.1) is 18.2 Å². The summed E-state index contributed by atoms with van der Waals surface area (Å²) in [7, 11) is 1.62. The summed E-state index contributed by atoms with van der Waals surface area (Å²) in [4.78, 5) is 9.29. The number of pyridine rings is 1. The molecule has 0 bridgehead atoms. The highest BCUT2D eigenvalue weighted by Crippen LogP contribution is 2.39. The lowest BCUT2D eigenvalue weighted by Crippen LogP contribution is -3.13. The van der Waals surface area contributed by atoms with Crippen LogP contribution in [0.3, 0.4) is 0 Å². The Hall–Kier alpha value is -3.36. The summed E-state index contributed by atoms with van der Waals surface area (Å²) in [6.07, 6.45) is 5.15. The van der Waals surface area contributed by atoms with Crippen molar-refractivity contribution in [3.8, 4) is 23.0 Å². The lowest BCUT2D eigenvalue weighted by molar-refractivity contribution is -0.908. The van der Waals surface area contributed by atoms with E-state index in [0.29, 0.717) is 40.2 Å². The number of ether oxygens (including phenoxy) is 4. The number of hydrogen-bond donors (Lipinski definition) is 2. The SMILES string of the molecule is COc1cc2c(Oc3ccc4[nH]c(C)cc4c3F)ccnc2cc1OCCC[NH+]1CCC2(CC1)COC2. The summed E-state index contributed by atoms with van der Waals surface area (Å²) in [5.41, 5.74) is 2.81. The highest BCUT2D eigenvalue weighted by atomic mass is 19.1. The largest absolute Gasteiger partial charge is 0.493 e. The number of nitrogens with one attached hydrogen (secondary N) is 2. The first-order chi connectivity index (χ1) is 18.0. The first-order valence-corrected chi connectivity index (χ1v) is 13.0. The van der Waals surface area contributed by atoms with Crippen molar-refractivity contribution in [2.75, 3.05) is 46.6 Å². The first-order valence-electron chi connectivity index (χ1n) is 13.0. The molecule has 4 aromatic rings. The second kappa shape index (κ2) is 9.84. The second-order valence-corrected chi connectivity index (χ2v) is 10.4. The predicted molar refractivity (Wildman–Crippen MR) is 140 cm³/mol. The zero-order valence-corrected chi connectivity index (χ0v) is 21.4. The van der Waals surface area contributed by atoms with Crippen molar-refractivity contribution in [3.05, 3.63) is 54.1 Å². The number of piperidine rings is 1. The molecule has 0 amide bonds. The van der Waals surface area contributed by atoms with Crippen molar-refractivity contribution >= 4 is 21.8 Å². The molecule has 194 valence electrons. The summed E-state index contributed by atoms with van der Waals surface area (Å²) < 4.78 is 38.4. The molecule has 37 heavy (non-hydrogen) atoms. The quantitative estimate of drug-likeness (QED) is 0.346. The summed E-state index contributed by atoms with van der Waals surface area (Å²) >= 11 is 0. The highest BCUT2D eigenvalue weighted by molar-refractivity contribution is 5.89. The topological polar surface area (TPSA) is 70.0 Å². The molecule has 0 aliphatic carbocycles. The molecule has 0 radical (unpaired) electrons. The number of likely N-dealkylation sites (tertiary alicyclic amines) is 1. The Morgan fingerprint density at radius 2 is 1.86 bits per heavy atom. The number of nitrogens with zero attached hydrogens (tertiary/aromatic N) is 1.